The minimum atomic E-state index is -1.55. The lowest BCUT2D eigenvalue weighted by atomic mass is 9.89. The van der Waals surface area contributed by atoms with E-state index in [1.165, 1.54) is 0 Å². The van der Waals surface area contributed by atoms with E-state index in [2.05, 4.69) is 10.2 Å². The summed E-state index contributed by atoms with van der Waals surface area (Å²) >= 11 is 0. The minimum Gasteiger partial charge on any atom is -0.443 e. The van der Waals surface area contributed by atoms with Crippen LogP contribution in [0.1, 0.15) is 75.3 Å². The Kier molecular flexibility index (Phi) is 11.2. The highest BCUT2D eigenvalue weighted by Gasteiger charge is 2.45. The Bertz CT molecular complexity index is 1110. The van der Waals surface area contributed by atoms with Crippen LogP contribution in [-0.2, 0) is 27.2 Å². The molecule has 0 radical (unpaired) electrons. The van der Waals surface area contributed by atoms with Crippen LogP contribution in [0.25, 0.3) is 0 Å². The molecule has 11 heteroatoms. The van der Waals surface area contributed by atoms with Crippen molar-refractivity contribution in [2.45, 2.75) is 96.4 Å². The van der Waals surface area contributed by atoms with Gasteiger partial charge < -0.3 is 35.6 Å². The fourth-order valence-electron chi connectivity index (χ4n) is 4.91. The van der Waals surface area contributed by atoms with Crippen LogP contribution in [0.2, 0.25) is 0 Å². The molecule has 222 valence electrons. The molecule has 1 aliphatic heterocycles. The number of aromatic amines is 1. The van der Waals surface area contributed by atoms with Gasteiger partial charge in [-0.1, -0.05) is 52.0 Å². The van der Waals surface area contributed by atoms with Gasteiger partial charge in [0, 0.05) is 36.4 Å². The number of aliphatic hydroxyl groups is 4. The molecule has 3 rings (SSSR count). The van der Waals surface area contributed by atoms with E-state index in [0.29, 0.717) is 19.3 Å². The predicted molar refractivity (Wildman–Crippen MR) is 146 cm³/mol. The summed E-state index contributed by atoms with van der Waals surface area (Å²) in [4.78, 5) is 23.9. The van der Waals surface area contributed by atoms with Gasteiger partial charge in [0.05, 0.1) is 6.61 Å². The number of benzene rings is 1. The first-order valence-corrected chi connectivity index (χ1v) is 13.9. The van der Waals surface area contributed by atoms with Gasteiger partial charge in [0.1, 0.15) is 30.2 Å². The summed E-state index contributed by atoms with van der Waals surface area (Å²) in [6, 6.07) is 8.00. The summed E-state index contributed by atoms with van der Waals surface area (Å²) in [6.45, 7) is 7.24. The number of aromatic nitrogens is 2. The molecule has 0 saturated carbocycles. The maximum absolute atomic E-state index is 12.3. The first-order chi connectivity index (χ1) is 18.9. The van der Waals surface area contributed by atoms with Crippen molar-refractivity contribution < 1.29 is 39.5 Å². The number of H-pyrrole nitrogens is 1. The highest BCUT2D eigenvalue weighted by molar-refractivity contribution is 5.86. The zero-order valence-corrected chi connectivity index (χ0v) is 23.6. The lowest BCUT2D eigenvalue weighted by Crippen LogP contribution is -2.60. The van der Waals surface area contributed by atoms with Crippen molar-refractivity contribution in [1.82, 2.24) is 10.2 Å². The Labute approximate surface area is 234 Å². The molecule has 1 fully saturated rings. The Morgan fingerprint density at radius 2 is 1.70 bits per heavy atom. The third kappa shape index (κ3) is 7.88. The first kappa shape index (κ1) is 31.7. The molecule has 1 aliphatic rings. The SMILES string of the molecule is CC(C)c1[nH]nc(O[C@@H]2O[C@H](CO)[C@H](O)[C@H](O)[C@H]2O)c1Cc1ccc(CCCC(=O)C[C@H](C(N)=O)C(C)C)cc1. The number of aliphatic hydroxyl groups excluding tert-OH is 4. The van der Waals surface area contributed by atoms with E-state index in [1.54, 1.807) is 0 Å². The van der Waals surface area contributed by atoms with E-state index in [1.807, 2.05) is 52.0 Å². The molecule has 0 aliphatic carbocycles. The lowest BCUT2D eigenvalue weighted by molar-refractivity contribution is -0.278. The second-order valence-electron chi connectivity index (χ2n) is 11.2. The van der Waals surface area contributed by atoms with E-state index < -0.39 is 49.1 Å². The zero-order chi connectivity index (χ0) is 29.6. The molecule has 1 amide bonds. The number of carbonyl (C=O) groups is 2. The number of hydrogen-bond acceptors (Lipinski definition) is 9. The molecule has 6 atom stereocenters. The Morgan fingerprint density at radius 1 is 1.05 bits per heavy atom. The van der Waals surface area contributed by atoms with Gasteiger partial charge in [-0.25, -0.2) is 0 Å². The van der Waals surface area contributed by atoms with Crippen molar-refractivity contribution in [2.75, 3.05) is 6.61 Å². The maximum Gasteiger partial charge on any atom is 0.238 e. The van der Waals surface area contributed by atoms with Crippen LogP contribution in [0, 0.1) is 11.8 Å². The van der Waals surface area contributed by atoms with Crippen LogP contribution < -0.4 is 10.5 Å². The summed E-state index contributed by atoms with van der Waals surface area (Å²) in [5, 5.41) is 47.3. The van der Waals surface area contributed by atoms with Gasteiger partial charge in [-0.15, -0.1) is 5.10 Å². The second kappa shape index (κ2) is 14.2. The molecule has 0 spiro atoms. The van der Waals surface area contributed by atoms with Gasteiger partial charge in [-0.3, -0.25) is 14.7 Å². The number of aryl methyl sites for hydroxylation is 1. The maximum atomic E-state index is 12.3. The van der Waals surface area contributed by atoms with E-state index in [9.17, 15) is 30.0 Å². The average Bonchev–Trinajstić information content (AvgIpc) is 3.30. The normalized spacial score (nSPS) is 23.9. The minimum absolute atomic E-state index is 0.0311. The van der Waals surface area contributed by atoms with Crippen molar-refractivity contribution in [1.29, 1.82) is 0 Å². The molecule has 11 nitrogen and oxygen atoms in total. The van der Waals surface area contributed by atoms with E-state index >= 15 is 0 Å². The van der Waals surface area contributed by atoms with Crippen LogP contribution in [-0.4, -0.2) is 79.6 Å². The number of nitrogens with zero attached hydrogens (tertiary/aromatic N) is 1. The van der Waals surface area contributed by atoms with Gasteiger partial charge in [-0.2, -0.15) is 0 Å². The summed E-state index contributed by atoms with van der Waals surface area (Å²) in [7, 11) is 0. The van der Waals surface area contributed by atoms with Gasteiger partial charge in [0.15, 0.2) is 0 Å². The third-order valence-electron chi connectivity index (χ3n) is 7.46. The first-order valence-electron chi connectivity index (χ1n) is 13.9. The molecule has 7 N–H and O–H groups in total. The number of Topliss-reactive ketones (excluding diaryl/α,β-unsaturated/α-hetero) is 1. The number of primary amides is 1. The van der Waals surface area contributed by atoms with E-state index in [4.69, 9.17) is 15.2 Å². The smallest absolute Gasteiger partial charge is 0.238 e. The lowest BCUT2D eigenvalue weighted by Gasteiger charge is -2.39. The Morgan fingerprint density at radius 3 is 2.27 bits per heavy atom. The number of hydrogen-bond donors (Lipinski definition) is 6. The number of ether oxygens (including phenoxy) is 2. The van der Waals surface area contributed by atoms with Crippen molar-refractivity contribution >= 4 is 11.7 Å². The third-order valence-corrected chi connectivity index (χ3v) is 7.46. The van der Waals surface area contributed by atoms with Crippen LogP contribution in [0.5, 0.6) is 5.88 Å². The van der Waals surface area contributed by atoms with Crippen LogP contribution in [0.3, 0.4) is 0 Å². The summed E-state index contributed by atoms with van der Waals surface area (Å²) < 4.78 is 11.3. The van der Waals surface area contributed by atoms with Crippen molar-refractivity contribution in [3.05, 3.63) is 46.6 Å². The van der Waals surface area contributed by atoms with Gasteiger partial charge >= 0.3 is 0 Å². The zero-order valence-electron chi connectivity index (χ0n) is 23.6. The Hall–Kier alpha value is -2.83. The molecule has 0 bridgehead atoms. The highest BCUT2D eigenvalue weighted by atomic mass is 16.7. The van der Waals surface area contributed by atoms with Gasteiger partial charge in [-0.05, 0) is 35.8 Å². The largest absolute Gasteiger partial charge is 0.443 e. The molecule has 2 aromatic rings. The average molecular weight is 562 g/mol. The van der Waals surface area contributed by atoms with Crippen LogP contribution in [0.4, 0.5) is 0 Å². The molecule has 1 saturated heterocycles. The molecule has 2 heterocycles. The van der Waals surface area contributed by atoms with Crippen molar-refractivity contribution in [2.24, 2.45) is 17.6 Å². The molecule has 1 aromatic carbocycles. The van der Waals surface area contributed by atoms with Crippen LogP contribution in [0.15, 0.2) is 24.3 Å². The monoisotopic (exact) mass is 561 g/mol. The van der Waals surface area contributed by atoms with E-state index in [0.717, 1.165) is 28.8 Å². The standard InChI is InChI=1S/C29H43N3O8/c1-15(2)20(27(30)38)13-19(34)7-5-6-17-8-10-18(11-9-17)12-21-23(16(3)4)31-32-28(21)40-29-26(37)25(36)24(35)22(14-33)39-29/h8-11,15-16,20,22,24-26,29,33,35-37H,5-7,12-14H2,1-4H3,(H2,30,38)(H,31,32)/t20-,22+,24-,25-,26+,29-/m0/s1. The number of ketones is 1. The van der Waals surface area contributed by atoms with Gasteiger partial charge in [0.2, 0.25) is 18.1 Å². The van der Waals surface area contributed by atoms with Gasteiger partial charge in [0.25, 0.3) is 0 Å². The number of rotatable bonds is 14. The number of nitrogens with one attached hydrogen (secondary N) is 1. The molecule has 40 heavy (non-hydrogen) atoms. The topological polar surface area (TPSA) is 188 Å². The fraction of sp³-hybridized carbons (Fsp3) is 0.621. The second-order valence-corrected chi connectivity index (χ2v) is 11.2. The molecule has 0 unspecified atom stereocenters. The fourth-order valence-corrected chi connectivity index (χ4v) is 4.91. The molecular weight excluding hydrogens is 518 g/mol. The number of amides is 1. The van der Waals surface area contributed by atoms with Crippen molar-refractivity contribution in [3.8, 4) is 5.88 Å². The predicted octanol–water partition coefficient (Wildman–Crippen LogP) is 1.34. The van der Waals surface area contributed by atoms with E-state index in [-0.39, 0.29) is 29.9 Å². The molecule has 1 aromatic heterocycles. The Balaban J connectivity index is 1.63. The molecular formula is C29H43N3O8. The quantitative estimate of drug-likeness (QED) is 0.198. The summed E-state index contributed by atoms with van der Waals surface area (Å²) in [5.74, 6) is -0.493. The summed E-state index contributed by atoms with van der Waals surface area (Å²) in [6.07, 6.45) is -4.53. The van der Waals surface area contributed by atoms with Crippen LogP contribution >= 0.6 is 0 Å². The summed E-state index contributed by atoms with van der Waals surface area (Å²) in [5.41, 5.74) is 9.11. The number of nitrogens with two attached hydrogens (primary N) is 1. The highest BCUT2D eigenvalue weighted by Crippen LogP contribution is 2.31. The number of carbonyl (C=O) groups excluding carboxylic acids is 2. The van der Waals surface area contributed by atoms with Crippen molar-refractivity contribution in [3.63, 3.8) is 0 Å².